The summed E-state index contributed by atoms with van der Waals surface area (Å²) in [6.45, 7) is 0.939. The summed E-state index contributed by atoms with van der Waals surface area (Å²) >= 11 is 1.61. The Labute approximate surface area is 88.6 Å². The molecule has 0 amide bonds. The highest BCUT2D eigenvalue weighted by Gasteiger charge is 2.01. The van der Waals surface area contributed by atoms with E-state index in [1.165, 1.54) is 11.3 Å². The quantitative estimate of drug-likeness (QED) is 0.739. The van der Waals surface area contributed by atoms with Gasteiger partial charge in [-0.3, -0.25) is 0 Å². The van der Waals surface area contributed by atoms with E-state index in [1.54, 1.807) is 11.3 Å². The van der Waals surface area contributed by atoms with Crippen LogP contribution in [0, 0.1) is 5.38 Å². The van der Waals surface area contributed by atoms with Gasteiger partial charge in [0.15, 0.2) is 0 Å². The largest absolute Gasteiger partial charge is 0.369 e. The molecule has 0 saturated heterocycles. The van der Waals surface area contributed by atoms with E-state index < -0.39 is 0 Å². The smallest absolute Gasteiger partial charge is 0.0697 e. The van der Waals surface area contributed by atoms with Crippen LogP contribution in [0.4, 0.5) is 5.69 Å². The minimum Gasteiger partial charge on any atom is -0.369 e. The zero-order chi connectivity index (χ0) is 9.80. The number of benzene rings is 1. The maximum atomic E-state index is 3.22. The Bertz CT molecular complexity index is 366. The Hall–Kier alpha value is -1.28. The van der Waals surface area contributed by atoms with Gasteiger partial charge in [0.1, 0.15) is 0 Å². The van der Waals surface area contributed by atoms with Crippen molar-refractivity contribution in [3.05, 3.63) is 52.7 Å². The summed E-state index contributed by atoms with van der Waals surface area (Å²) in [5.74, 6) is 0. The van der Waals surface area contributed by atoms with Gasteiger partial charge in [-0.1, -0.05) is 30.3 Å². The van der Waals surface area contributed by atoms with Crippen LogP contribution >= 0.6 is 11.3 Å². The van der Waals surface area contributed by atoms with Crippen LogP contribution in [0.15, 0.2) is 41.8 Å². The number of anilines is 1. The second-order valence-electron chi connectivity index (χ2n) is 3.25. The van der Waals surface area contributed by atoms with Crippen molar-refractivity contribution in [3.63, 3.8) is 0 Å². The van der Waals surface area contributed by atoms with Crippen molar-refractivity contribution in [2.45, 2.75) is 6.54 Å². The molecular formula is C12H12NS. The van der Waals surface area contributed by atoms with Gasteiger partial charge in [0.25, 0.3) is 0 Å². The normalized spacial score (nSPS) is 10.1. The Morgan fingerprint density at radius 1 is 1.21 bits per heavy atom. The van der Waals surface area contributed by atoms with Crippen LogP contribution in [0.2, 0.25) is 0 Å². The third kappa shape index (κ3) is 2.15. The number of nitrogens with zero attached hydrogens (tertiary/aromatic N) is 1. The van der Waals surface area contributed by atoms with Crippen LogP contribution in [0.3, 0.4) is 0 Å². The molecule has 0 aliphatic carbocycles. The molecule has 1 radical (unpaired) electrons. The lowest BCUT2D eigenvalue weighted by Gasteiger charge is -2.16. The molecule has 0 bridgehead atoms. The molecule has 71 valence electrons. The zero-order valence-electron chi connectivity index (χ0n) is 8.10. The van der Waals surface area contributed by atoms with Gasteiger partial charge in [0.2, 0.25) is 0 Å². The van der Waals surface area contributed by atoms with E-state index in [2.05, 4.69) is 53.0 Å². The first kappa shape index (κ1) is 9.28. The van der Waals surface area contributed by atoms with Crippen molar-refractivity contribution in [3.8, 4) is 0 Å². The highest BCUT2D eigenvalue weighted by molar-refractivity contribution is 7.07. The van der Waals surface area contributed by atoms with Gasteiger partial charge in [0.05, 0.1) is 11.1 Å². The third-order valence-electron chi connectivity index (χ3n) is 2.13. The monoisotopic (exact) mass is 202 g/mol. The zero-order valence-corrected chi connectivity index (χ0v) is 8.92. The predicted octanol–water partition coefficient (Wildman–Crippen LogP) is 3.18. The van der Waals surface area contributed by atoms with Gasteiger partial charge < -0.3 is 4.90 Å². The summed E-state index contributed by atoms with van der Waals surface area (Å²) in [5, 5.41) is 5.28. The number of hydrogen-bond donors (Lipinski definition) is 0. The molecule has 0 fully saturated rings. The summed E-state index contributed by atoms with van der Waals surface area (Å²) in [6.07, 6.45) is 0. The average molecular weight is 202 g/mol. The number of hydrogen-bond acceptors (Lipinski definition) is 2. The molecular weight excluding hydrogens is 190 g/mol. The molecule has 0 spiro atoms. The van der Waals surface area contributed by atoms with Gasteiger partial charge in [0, 0.05) is 13.6 Å². The Morgan fingerprint density at radius 2 is 2.00 bits per heavy atom. The van der Waals surface area contributed by atoms with Crippen LogP contribution in [0.1, 0.15) is 5.56 Å². The maximum absolute atomic E-state index is 3.22. The summed E-state index contributed by atoms with van der Waals surface area (Å²) in [5.41, 5.74) is 2.49. The molecule has 1 aromatic heterocycles. The molecule has 1 nitrogen and oxygen atoms in total. The summed E-state index contributed by atoms with van der Waals surface area (Å²) in [6, 6.07) is 12.6. The first-order valence-corrected chi connectivity index (χ1v) is 5.44. The second-order valence-corrected chi connectivity index (χ2v) is 3.96. The second kappa shape index (κ2) is 4.29. The Kier molecular flexibility index (Phi) is 2.84. The molecule has 2 heteroatoms. The molecule has 0 N–H and O–H groups in total. The number of rotatable bonds is 3. The van der Waals surface area contributed by atoms with Gasteiger partial charge >= 0.3 is 0 Å². The van der Waals surface area contributed by atoms with Crippen LogP contribution in [-0.2, 0) is 6.54 Å². The van der Waals surface area contributed by atoms with Crippen molar-refractivity contribution >= 4 is 17.0 Å². The molecule has 0 unspecified atom stereocenters. The summed E-state index contributed by atoms with van der Waals surface area (Å²) in [4.78, 5) is 2.20. The highest BCUT2D eigenvalue weighted by atomic mass is 32.1. The Balaban J connectivity index is 2.06. The first-order chi connectivity index (χ1) is 6.86. The molecule has 14 heavy (non-hydrogen) atoms. The van der Waals surface area contributed by atoms with Crippen molar-refractivity contribution < 1.29 is 0 Å². The average Bonchev–Trinajstić information content (AvgIpc) is 2.72. The standard InChI is InChI=1S/C12H12NS/c1-13(12-7-8-14-10-12)9-11-5-3-2-4-6-11/h2-8H,9H2,1H3. The van der Waals surface area contributed by atoms with Crippen LogP contribution < -0.4 is 4.90 Å². The molecule has 0 aliphatic rings. The van der Waals surface area contributed by atoms with Crippen molar-refractivity contribution in [2.75, 3.05) is 11.9 Å². The summed E-state index contributed by atoms with van der Waals surface area (Å²) < 4.78 is 0. The lowest BCUT2D eigenvalue weighted by Crippen LogP contribution is -2.15. The molecule has 1 aromatic carbocycles. The fourth-order valence-corrected chi connectivity index (χ4v) is 1.98. The van der Waals surface area contributed by atoms with Gasteiger partial charge in [-0.05, 0) is 17.0 Å². The fourth-order valence-electron chi connectivity index (χ4n) is 1.37. The summed E-state index contributed by atoms with van der Waals surface area (Å²) in [7, 11) is 2.09. The van der Waals surface area contributed by atoms with Crippen LogP contribution in [-0.4, -0.2) is 7.05 Å². The topological polar surface area (TPSA) is 3.24 Å². The van der Waals surface area contributed by atoms with Gasteiger partial charge in [-0.15, -0.1) is 11.3 Å². The Morgan fingerprint density at radius 3 is 2.64 bits per heavy atom. The van der Waals surface area contributed by atoms with Crippen molar-refractivity contribution in [1.29, 1.82) is 0 Å². The predicted molar refractivity (Wildman–Crippen MR) is 61.7 cm³/mol. The molecule has 0 atom stereocenters. The number of thiophene rings is 1. The van der Waals surface area contributed by atoms with E-state index in [0.717, 1.165) is 6.54 Å². The van der Waals surface area contributed by atoms with Crippen molar-refractivity contribution in [2.24, 2.45) is 0 Å². The lowest BCUT2D eigenvalue weighted by atomic mass is 10.2. The molecule has 0 saturated carbocycles. The molecule has 0 aliphatic heterocycles. The van der Waals surface area contributed by atoms with E-state index >= 15 is 0 Å². The first-order valence-electron chi connectivity index (χ1n) is 4.56. The van der Waals surface area contributed by atoms with E-state index in [9.17, 15) is 0 Å². The van der Waals surface area contributed by atoms with Crippen LogP contribution in [0.25, 0.3) is 0 Å². The SMILES string of the molecule is CN(Cc1ccccc1)c1[c]scc1. The molecule has 1 heterocycles. The van der Waals surface area contributed by atoms with Crippen molar-refractivity contribution in [1.82, 2.24) is 0 Å². The van der Waals surface area contributed by atoms with E-state index in [0.29, 0.717) is 0 Å². The minimum absolute atomic E-state index is 0.939. The van der Waals surface area contributed by atoms with Gasteiger partial charge in [-0.2, -0.15) is 0 Å². The van der Waals surface area contributed by atoms with E-state index in [4.69, 9.17) is 0 Å². The minimum atomic E-state index is 0.939. The van der Waals surface area contributed by atoms with E-state index in [1.807, 2.05) is 6.07 Å². The molecule has 2 rings (SSSR count). The highest BCUT2D eigenvalue weighted by Crippen LogP contribution is 2.17. The molecule has 2 aromatic rings. The van der Waals surface area contributed by atoms with E-state index in [-0.39, 0.29) is 0 Å². The lowest BCUT2D eigenvalue weighted by molar-refractivity contribution is 0.925. The van der Waals surface area contributed by atoms with Gasteiger partial charge in [-0.25, -0.2) is 0 Å². The maximum Gasteiger partial charge on any atom is 0.0697 e. The third-order valence-corrected chi connectivity index (χ3v) is 2.73. The van der Waals surface area contributed by atoms with Crippen LogP contribution in [0.5, 0.6) is 0 Å². The fraction of sp³-hybridized carbons (Fsp3) is 0.167.